The highest BCUT2D eigenvalue weighted by Gasteiger charge is 2.64. The zero-order valence-electron chi connectivity index (χ0n) is 11.4. The van der Waals surface area contributed by atoms with Crippen molar-refractivity contribution in [3.63, 3.8) is 0 Å². The van der Waals surface area contributed by atoms with Crippen molar-refractivity contribution in [2.75, 3.05) is 20.6 Å². The molecule has 2 nitrogen and oxygen atoms in total. The summed E-state index contributed by atoms with van der Waals surface area (Å²) in [7, 11) is 3.45. The zero-order valence-corrected chi connectivity index (χ0v) is 11.4. The van der Waals surface area contributed by atoms with Gasteiger partial charge in [0.2, 0.25) is 0 Å². The summed E-state index contributed by atoms with van der Waals surface area (Å²) in [6, 6.07) is -0.707. The van der Waals surface area contributed by atoms with Crippen LogP contribution in [0.1, 0.15) is 34.6 Å². The second-order valence-electron chi connectivity index (χ2n) is 6.44. The van der Waals surface area contributed by atoms with Gasteiger partial charge in [-0.05, 0) is 48.7 Å². The molecule has 0 unspecified atom stereocenters. The monoisotopic (exact) mass is 234 g/mol. The van der Waals surface area contributed by atoms with Crippen LogP contribution in [-0.2, 0) is 0 Å². The van der Waals surface area contributed by atoms with Crippen LogP contribution >= 0.6 is 0 Å². The Bertz CT molecular complexity index is 267. The van der Waals surface area contributed by atoms with Gasteiger partial charge in [-0.25, -0.2) is 8.78 Å². The maximum Gasteiger partial charge on any atom is 0.281 e. The van der Waals surface area contributed by atoms with E-state index in [1.807, 2.05) is 25.7 Å². The van der Waals surface area contributed by atoms with Crippen LogP contribution < -0.4 is 0 Å². The van der Waals surface area contributed by atoms with Gasteiger partial charge in [-0.15, -0.1) is 0 Å². The summed E-state index contributed by atoms with van der Waals surface area (Å²) in [5.74, 6) is -2.69. The second-order valence-corrected chi connectivity index (χ2v) is 6.44. The SMILES string of the molecule is CN(C)[C@H]1CN(C(C)(C)C)C(C)(C)C1(F)F. The van der Waals surface area contributed by atoms with Crippen molar-refractivity contribution in [2.45, 2.75) is 57.7 Å². The first-order valence-corrected chi connectivity index (χ1v) is 5.74. The van der Waals surface area contributed by atoms with Crippen LogP contribution in [0, 0.1) is 0 Å². The third kappa shape index (κ3) is 1.86. The lowest BCUT2D eigenvalue weighted by molar-refractivity contribution is -0.119. The van der Waals surface area contributed by atoms with Crippen LogP contribution in [0.25, 0.3) is 0 Å². The summed E-state index contributed by atoms with van der Waals surface area (Å²) in [5, 5.41) is 0. The number of hydrogen-bond donors (Lipinski definition) is 0. The maximum absolute atomic E-state index is 14.3. The van der Waals surface area contributed by atoms with Crippen molar-refractivity contribution in [1.82, 2.24) is 9.80 Å². The van der Waals surface area contributed by atoms with E-state index in [1.54, 1.807) is 32.8 Å². The molecule has 96 valence electrons. The molecule has 1 saturated heterocycles. The van der Waals surface area contributed by atoms with Gasteiger partial charge in [-0.2, -0.15) is 0 Å². The van der Waals surface area contributed by atoms with E-state index in [0.717, 1.165) is 0 Å². The van der Waals surface area contributed by atoms with Gasteiger partial charge in [-0.1, -0.05) is 0 Å². The maximum atomic E-state index is 14.3. The highest BCUT2D eigenvalue weighted by atomic mass is 19.3. The minimum atomic E-state index is -2.69. The number of nitrogens with zero attached hydrogens (tertiary/aromatic N) is 2. The van der Waals surface area contributed by atoms with E-state index in [0.29, 0.717) is 6.54 Å². The van der Waals surface area contributed by atoms with Crippen molar-refractivity contribution < 1.29 is 8.78 Å². The fourth-order valence-corrected chi connectivity index (χ4v) is 2.70. The summed E-state index contributed by atoms with van der Waals surface area (Å²) in [6.45, 7) is 9.66. The summed E-state index contributed by atoms with van der Waals surface area (Å²) < 4.78 is 28.7. The first kappa shape index (κ1) is 13.8. The highest BCUT2D eigenvalue weighted by Crippen LogP contribution is 2.47. The van der Waals surface area contributed by atoms with Gasteiger partial charge >= 0.3 is 0 Å². The van der Waals surface area contributed by atoms with Crippen molar-refractivity contribution in [3.05, 3.63) is 0 Å². The van der Waals surface area contributed by atoms with E-state index in [-0.39, 0.29) is 5.54 Å². The number of halogens is 2. The van der Waals surface area contributed by atoms with Gasteiger partial charge in [0.15, 0.2) is 0 Å². The highest BCUT2D eigenvalue weighted by molar-refractivity contribution is 5.12. The van der Waals surface area contributed by atoms with Gasteiger partial charge in [0.25, 0.3) is 5.92 Å². The van der Waals surface area contributed by atoms with Crippen LogP contribution in [0.15, 0.2) is 0 Å². The lowest BCUT2D eigenvalue weighted by atomic mass is 9.91. The Morgan fingerprint density at radius 2 is 1.62 bits per heavy atom. The molecule has 1 atom stereocenters. The minimum absolute atomic E-state index is 0.238. The third-order valence-electron chi connectivity index (χ3n) is 3.70. The predicted molar refractivity (Wildman–Crippen MR) is 63.0 cm³/mol. The fourth-order valence-electron chi connectivity index (χ4n) is 2.70. The molecule has 0 aromatic carbocycles. The predicted octanol–water partition coefficient (Wildman–Crippen LogP) is 2.44. The molecule has 0 radical (unpaired) electrons. The molecule has 4 heteroatoms. The first-order chi connectivity index (χ1) is 6.92. The van der Waals surface area contributed by atoms with Crippen molar-refractivity contribution in [1.29, 1.82) is 0 Å². The zero-order chi connectivity index (χ0) is 12.9. The molecule has 1 rings (SSSR count). The molecule has 0 spiro atoms. The van der Waals surface area contributed by atoms with Crippen LogP contribution in [0.2, 0.25) is 0 Å². The Labute approximate surface area is 97.6 Å². The Kier molecular flexibility index (Phi) is 3.15. The number of alkyl halides is 2. The van der Waals surface area contributed by atoms with Crippen molar-refractivity contribution in [2.24, 2.45) is 0 Å². The van der Waals surface area contributed by atoms with Gasteiger partial charge in [0, 0.05) is 12.1 Å². The number of hydrogen-bond acceptors (Lipinski definition) is 2. The number of likely N-dealkylation sites (N-methyl/N-ethyl adjacent to an activating group) is 1. The summed E-state index contributed by atoms with van der Waals surface area (Å²) >= 11 is 0. The van der Waals surface area contributed by atoms with E-state index in [4.69, 9.17) is 0 Å². The Morgan fingerprint density at radius 1 is 1.19 bits per heavy atom. The van der Waals surface area contributed by atoms with Crippen LogP contribution in [0.5, 0.6) is 0 Å². The number of likely N-dealkylation sites (tertiary alicyclic amines) is 1. The number of rotatable bonds is 1. The van der Waals surface area contributed by atoms with E-state index in [1.165, 1.54) is 0 Å². The van der Waals surface area contributed by atoms with Crippen molar-refractivity contribution >= 4 is 0 Å². The molecule has 0 aromatic rings. The first-order valence-electron chi connectivity index (χ1n) is 5.74. The molecular formula is C12H24F2N2. The van der Waals surface area contributed by atoms with Gasteiger partial charge in [-0.3, -0.25) is 9.80 Å². The fraction of sp³-hybridized carbons (Fsp3) is 1.00. The molecule has 0 aromatic heterocycles. The molecule has 0 aliphatic carbocycles. The topological polar surface area (TPSA) is 6.48 Å². The molecule has 0 amide bonds. The lowest BCUT2D eigenvalue weighted by Gasteiger charge is -2.43. The standard InChI is InChI=1S/C12H24F2N2/c1-10(2,3)16-8-9(15(6)7)12(13,14)11(16,4)5/h9H,8H2,1-7H3/t9-/m0/s1. The molecule has 0 bridgehead atoms. The molecule has 1 fully saturated rings. The van der Waals surface area contributed by atoms with Gasteiger partial charge in [0.1, 0.15) is 0 Å². The van der Waals surface area contributed by atoms with Gasteiger partial charge < -0.3 is 0 Å². The lowest BCUT2D eigenvalue weighted by Crippen LogP contribution is -2.57. The molecule has 1 heterocycles. The van der Waals surface area contributed by atoms with Crippen LogP contribution in [0.4, 0.5) is 8.78 Å². The molecule has 1 aliphatic heterocycles. The second kappa shape index (κ2) is 3.64. The van der Waals surface area contributed by atoms with E-state index < -0.39 is 17.5 Å². The van der Waals surface area contributed by atoms with Crippen molar-refractivity contribution in [3.8, 4) is 0 Å². The molecular weight excluding hydrogens is 210 g/mol. The normalized spacial score (nSPS) is 30.0. The minimum Gasteiger partial charge on any atom is -0.300 e. The summed E-state index contributed by atoms with van der Waals surface area (Å²) in [6.07, 6.45) is 0. The van der Waals surface area contributed by atoms with E-state index in [2.05, 4.69) is 0 Å². The summed E-state index contributed by atoms with van der Waals surface area (Å²) in [4.78, 5) is 3.54. The van der Waals surface area contributed by atoms with Crippen LogP contribution in [0.3, 0.4) is 0 Å². The Morgan fingerprint density at radius 3 is 1.81 bits per heavy atom. The molecule has 0 saturated carbocycles. The molecule has 16 heavy (non-hydrogen) atoms. The smallest absolute Gasteiger partial charge is 0.281 e. The summed E-state index contributed by atoms with van der Waals surface area (Å²) in [5.41, 5.74) is -1.34. The largest absolute Gasteiger partial charge is 0.300 e. The Balaban J connectivity index is 3.13. The van der Waals surface area contributed by atoms with Crippen LogP contribution in [-0.4, -0.2) is 53.5 Å². The molecule has 1 aliphatic rings. The average Bonchev–Trinajstić information content (AvgIpc) is 2.17. The quantitative estimate of drug-likeness (QED) is 0.687. The van der Waals surface area contributed by atoms with Gasteiger partial charge in [0.05, 0.1) is 11.6 Å². The van der Waals surface area contributed by atoms with E-state index >= 15 is 0 Å². The third-order valence-corrected chi connectivity index (χ3v) is 3.70. The average molecular weight is 234 g/mol. The Hall–Kier alpha value is -0.220. The molecule has 0 N–H and O–H groups in total. The van der Waals surface area contributed by atoms with E-state index in [9.17, 15) is 8.78 Å².